The van der Waals surface area contributed by atoms with Crippen molar-refractivity contribution in [3.05, 3.63) is 37.3 Å². The second-order valence-electron chi connectivity index (χ2n) is 2.86. The van der Waals surface area contributed by atoms with Crippen molar-refractivity contribution in [2.45, 2.75) is 19.3 Å². The van der Waals surface area contributed by atoms with Gasteiger partial charge in [-0.05, 0) is 18.6 Å². The maximum absolute atomic E-state index is 4.08. The topological polar surface area (TPSA) is 24.7 Å². The van der Waals surface area contributed by atoms with E-state index in [1.165, 1.54) is 0 Å². The maximum Gasteiger partial charge on any atom is 0.0852 e. The van der Waals surface area contributed by atoms with Gasteiger partial charge in [-0.25, -0.2) is 0 Å². The standard InChI is InChI=1S/C11H15N2/c1-2-3-7-10-12-13-11-8-5-4-6-9-11/h4-6,8-9H,1-3,7,10H2. The summed E-state index contributed by atoms with van der Waals surface area (Å²) in [5.74, 6) is 0. The van der Waals surface area contributed by atoms with E-state index in [-0.39, 0.29) is 0 Å². The Bertz CT molecular complexity index is 242. The number of azo groups is 1. The smallest absolute Gasteiger partial charge is 0.0852 e. The summed E-state index contributed by atoms with van der Waals surface area (Å²) in [5, 5.41) is 8.16. The molecule has 1 radical (unpaired) electrons. The van der Waals surface area contributed by atoms with Crippen molar-refractivity contribution in [3.63, 3.8) is 0 Å². The molecule has 0 spiro atoms. The second-order valence-corrected chi connectivity index (χ2v) is 2.86. The zero-order chi connectivity index (χ0) is 9.36. The molecular weight excluding hydrogens is 160 g/mol. The summed E-state index contributed by atoms with van der Waals surface area (Å²) in [4.78, 5) is 0. The molecule has 0 fully saturated rings. The molecule has 0 bridgehead atoms. The van der Waals surface area contributed by atoms with Crippen molar-refractivity contribution in [3.8, 4) is 0 Å². The minimum absolute atomic E-state index is 0.810. The van der Waals surface area contributed by atoms with E-state index in [2.05, 4.69) is 17.2 Å². The summed E-state index contributed by atoms with van der Waals surface area (Å²) in [5.41, 5.74) is 0.928. The molecule has 1 rings (SSSR count). The van der Waals surface area contributed by atoms with E-state index in [9.17, 15) is 0 Å². The highest BCUT2D eigenvalue weighted by molar-refractivity contribution is 5.34. The van der Waals surface area contributed by atoms with E-state index in [4.69, 9.17) is 0 Å². The molecule has 0 N–H and O–H groups in total. The zero-order valence-corrected chi connectivity index (χ0v) is 7.82. The van der Waals surface area contributed by atoms with Gasteiger partial charge in [-0.1, -0.05) is 38.0 Å². The Morgan fingerprint density at radius 2 is 1.85 bits per heavy atom. The number of hydrogen-bond donors (Lipinski definition) is 0. The molecule has 0 saturated heterocycles. The highest BCUT2D eigenvalue weighted by atomic mass is 15.1. The first-order chi connectivity index (χ1) is 6.43. The van der Waals surface area contributed by atoms with Crippen LogP contribution in [0.25, 0.3) is 0 Å². The van der Waals surface area contributed by atoms with Crippen LogP contribution in [0.15, 0.2) is 40.6 Å². The summed E-state index contributed by atoms with van der Waals surface area (Å²) in [6.45, 7) is 4.58. The van der Waals surface area contributed by atoms with Gasteiger partial charge < -0.3 is 0 Å². The first kappa shape index (κ1) is 9.90. The maximum atomic E-state index is 4.08. The fourth-order valence-corrected chi connectivity index (χ4v) is 0.986. The van der Waals surface area contributed by atoms with E-state index in [1.54, 1.807) is 0 Å². The van der Waals surface area contributed by atoms with Crippen LogP contribution < -0.4 is 0 Å². The van der Waals surface area contributed by atoms with Gasteiger partial charge in [0.25, 0.3) is 0 Å². The number of nitrogens with zero attached hydrogens (tertiary/aromatic N) is 2. The van der Waals surface area contributed by atoms with Crippen molar-refractivity contribution in [1.82, 2.24) is 0 Å². The fourth-order valence-electron chi connectivity index (χ4n) is 0.986. The predicted molar refractivity (Wildman–Crippen MR) is 55.0 cm³/mol. The lowest BCUT2D eigenvalue weighted by Gasteiger charge is -1.91. The van der Waals surface area contributed by atoms with Crippen molar-refractivity contribution in [2.75, 3.05) is 6.54 Å². The molecule has 0 aliphatic carbocycles. The van der Waals surface area contributed by atoms with E-state index >= 15 is 0 Å². The quantitative estimate of drug-likeness (QED) is 0.480. The van der Waals surface area contributed by atoms with Crippen LogP contribution in [0.2, 0.25) is 0 Å². The predicted octanol–water partition coefficient (Wildman–Crippen LogP) is 3.77. The molecule has 0 atom stereocenters. The molecule has 0 unspecified atom stereocenters. The van der Waals surface area contributed by atoms with Crippen LogP contribution in [0.3, 0.4) is 0 Å². The molecule has 0 amide bonds. The largest absolute Gasteiger partial charge is 0.189 e. The molecule has 69 valence electrons. The number of unbranched alkanes of at least 4 members (excludes halogenated alkanes) is 2. The molecule has 0 aliphatic heterocycles. The van der Waals surface area contributed by atoms with Crippen molar-refractivity contribution in [1.29, 1.82) is 0 Å². The summed E-state index contributed by atoms with van der Waals surface area (Å²) >= 11 is 0. The third kappa shape index (κ3) is 4.41. The third-order valence-electron chi connectivity index (χ3n) is 1.70. The van der Waals surface area contributed by atoms with Crippen LogP contribution in [0, 0.1) is 6.92 Å². The molecule has 0 saturated carbocycles. The van der Waals surface area contributed by atoms with Gasteiger partial charge in [0.2, 0.25) is 0 Å². The van der Waals surface area contributed by atoms with Crippen LogP contribution in [-0.4, -0.2) is 6.54 Å². The first-order valence-electron chi connectivity index (χ1n) is 4.65. The summed E-state index contributed by atoms with van der Waals surface area (Å²) in [7, 11) is 0. The summed E-state index contributed by atoms with van der Waals surface area (Å²) in [6.07, 6.45) is 3.20. The van der Waals surface area contributed by atoms with E-state index in [1.807, 2.05) is 30.3 Å². The molecule has 13 heavy (non-hydrogen) atoms. The van der Waals surface area contributed by atoms with Gasteiger partial charge in [-0.2, -0.15) is 10.2 Å². The van der Waals surface area contributed by atoms with Crippen LogP contribution >= 0.6 is 0 Å². The van der Waals surface area contributed by atoms with E-state index < -0.39 is 0 Å². The van der Waals surface area contributed by atoms with Crippen molar-refractivity contribution in [2.24, 2.45) is 10.2 Å². The lowest BCUT2D eigenvalue weighted by molar-refractivity contribution is 0.739. The normalized spacial score (nSPS) is 10.8. The lowest BCUT2D eigenvalue weighted by Crippen LogP contribution is -1.78. The Labute approximate surface area is 79.7 Å². The molecule has 1 aromatic rings. The molecule has 0 aromatic heterocycles. The Morgan fingerprint density at radius 1 is 1.08 bits per heavy atom. The van der Waals surface area contributed by atoms with E-state index in [0.717, 1.165) is 31.5 Å². The first-order valence-corrected chi connectivity index (χ1v) is 4.65. The average Bonchev–Trinajstić information content (AvgIpc) is 2.19. The molecule has 1 aromatic carbocycles. The highest BCUT2D eigenvalue weighted by Crippen LogP contribution is 2.10. The third-order valence-corrected chi connectivity index (χ3v) is 1.70. The average molecular weight is 175 g/mol. The monoisotopic (exact) mass is 175 g/mol. The minimum Gasteiger partial charge on any atom is -0.189 e. The van der Waals surface area contributed by atoms with Gasteiger partial charge in [-0.3, -0.25) is 0 Å². The number of hydrogen-bond acceptors (Lipinski definition) is 2. The van der Waals surface area contributed by atoms with Crippen molar-refractivity contribution >= 4 is 5.69 Å². The van der Waals surface area contributed by atoms with Gasteiger partial charge in [0, 0.05) is 0 Å². The molecule has 0 aliphatic rings. The Hall–Kier alpha value is -1.18. The van der Waals surface area contributed by atoms with Crippen LogP contribution in [0.1, 0.15) is 19.3 Å². The van der Waals surface area contributed by atoms with E-state index in [0.29, 0.717) is 0 Å². The molecule has 0 heterocycles. The van der Waals surface area contributed by atoms with Crippen LogP contribution in [0.4, 0.5) is 5.69 Å². The Morgan fingerprint density at radius 3 is 2.54 bits per heavy atom. The lowest BCUT2D eigenvalue weighted by atomic mass is 10.3. The van der Waals surface area contributed by atoms with Crippen molar-refractivity contribution < 1.29 is 0 Å². The van der Waals surface area contributed by atoms with Crippen LogP contribution in [0.5, 0.6) is 0 Å². The number of rotatable bonds is 5. The zero-order valence-electron chi connectivity index (χ0n) is 7.82. The molecule has 2 nitrogen and oxygen atoms in total. The molecular formula is C11H15N2. The summed E-state index contributed by atoms with van der Waals surface area (Å²) in [6, 6.07) is 9.80. The van der Waals surface area contributed by atoms with Gasteiger partial charge in [0.05, 0.1) is 12.2 Å². The van der Waals surface area contributed by atoms with Gasteiger partial charge >= 0.3 is 0 Å². The highest BCUT2D eigenvalue weighted by Gasteiger charge is 1.85. The van der Waals surface area contributed by atoms with Gasteiger partial charge in [0.1, 0.15) is 0 Å². The minimum atomic E-state index is 0.810. The second kappa shape index (κ2) is 6.35. The SMILES string of the molecule is [CH2]CCCCN=Nc1ccccc1. The van der Waals surface area contributed by atoms with Crippen LogP contribution in [-0.2, 0) is 0 Å². The fraction of sp³-hybridized carbons (Fsp3) is 0.364. The Balaban J connectivity index is 2.25. The number of benzene rings is 1. The summed E-state index contributed by atoms with van der Waals surface area (Å²) < 4.78 is 0. The molecule has 2 heteroatoms. The van der Waals surface area contributed by atoms with Gasteiger partial charge in [0.15, 0.2) is 0 Å². The van der Waals surface area contributed by atoms with Gasteiger partial charge in [-0.15, -0.1) is 0 Å². The Kier molecular flexibility index (Phi) is 4.84.